The monoisotopic (exact) mass is 524 g/mol. The number of ether oxygens (including phenoxy) is 5. The molecule has 35 heavy (non-hydrogen) atoms. The Morgan fingerprint density at radius 2 is 1.20 bits per heavy atom. The van der Waals surface area contributed by atoms with Crippen LogP contribution in [0.2, 0.25) is 0 Å². The van der Waals surface area contributed by atoms with Gasteiger partial charge in [-0.1, -0.05) is 0 Å². The van der Waals surface area contributed by atoms with Crippen molar-refractivity contribution in [2.45, 2.75) is 91.9 Å². The van der Waals surface area contributed by atoms with Gasteiger partial charge in [0.25, 0.3) is 5.85 Å². The Bertz CT molecular complexity index is 690. The second-order valence-corrected chi connectivity index (χ2v) is 8.46. The molecular weight excluding hydrogens is 494 g/mol. The fourth-order valence-electron chi connectivity index (χ4n) is 4.03. The van der Waals surface area contributed by atoms with Gasteiger partial charge in [-0.15, -0.1) is 0 Å². The van der Waals surface area contributed by atoms with Crippen LogP contribution in [0.25, 0.3) is 0 Å². The van der Waals surface area contributed by atoms with Gasteiger partial charge in [0.2, 0.25) is 6.36 Å². The minimum absolute atomic E-state index is 0.788. The highest BCUT2D eigenvalue weighted by Gasteiger charge is 2.59. The first-order valence-corrected chi connectivity index (χ1v) is 10.6. The maximum Gasteiger partial charge on any atom is 0.264 e. The minimum Gasteiger partial charge on any atom is -0.394 e. The molecule has 0 aromatic rings. The van der Waals surface area contributed by atoms with E-state index in [9.17, 15) is 59.8 Å². The molecule has 17 heteroatoms. The molecule has 0 aromatic carbocycles. The van der Waals surface area contributed by atoms with Gasteiger partial charge in [0.15, 0.2) is 18.7 Å². The third-order valence-corrected chi connectivity index (χ3v) is 6.12. The number of alkyl halides is 2. The molecule has 3 saturated heterocycles. The zero-order chi connectivity index (χ0) is 26.2. The lowest BCUT2D eigenvalue weighted by Crippen LogP contribution is -2.68. The SMILES string of the molecule is OCC1OC(OC2C(CO)OC(OC3C(O)C(O)C(F)OC3(F)CO)C(O)C2O)C(O)C(O)C1O. The molecule has 0 aromatic heterocycles. The topological polar surface area (TPSA) is 248 Å². The summed E-state index contributed by atoms with van der Waals surface area (Å²) in [6.07, 6.45) is -27.8. The van der Waals surface area contributed by atoms with Crippen LogP contribution in [0.5, 0.6) is 0 Å². The van der Waals surface area contributed by atoms with Crippen LogP contribution in [0.4, 0.5) is 8.78 Å². The van der Waals surface area contributed by atoms with Gasteiger partial charge in [-0.3, -0.25) is 0 Å². The predicted octanol–water partition coefficient (Wildman–Crippen LogP) is -6.30. The Morgan fingerprint density at radius 1 is 0.657 bits per heavy atom. The molecular formula is C18H30F2O15. The first kappa shape index (κ1) is 28.8. The maximum absolute atomic E-state index is 14.9. The molecule has 15 unspecified atom stereocenters. The van der Waals surface area contributed by atoms with Crippen molar-refractivity contribution < 1.29 is 83.5 Å². The third kappa shape index (κ3) is 5.44. The summed E-state index contributed by atoms with van der Waals surface area (Å²) in [4.78, 5) is 0. The third-order valence-electron chi connectivity index (χ3n) is 6.12. The summed E-state index contributed by atoms with van der Waals surface area (Å²) in [7, 11) is 0. The highest BCUT2D eigenvalue weighted by atomic mass is 19.2. The fourth-order valence-corrected chi connectivity index (χ4v) is 4.03. The lowest BCUT2D eigenvalue weighted by Gasteiger charge is -2.48. The Morgan fingerprint density at radius 3 is 1.77 bits per heavy atom. The van der Waals surface area contributed by atoms with Crippen LogP contribution >= 0.6 is 0 Å². The van der Waals surface area contributed by atoms with E-state index in [0.717, 1.165) is 0 Å². The minimum atomic E-state index is -3.40. The van der Waals surface area contributed by atoms with E-state index in [1.807, 2.05) is 0 Å². The normalized spacial score (nSPS) is 53.5. The summed E-state index contributed by atoms with van der Waals surface area (Å²) >= 11 is 0. The molecule has 15 nitrogen and oxygen atoms in total. The van der Waals surface area contributed by atoms with Crippen LogP contribution in [-0.4, -0.2) is 163 Å². The van der Waals surface area contributed by atoms with Crippen LogP contribution in [0.1, 0.15) is 0 Å². The molecule has 206 valence electrons. The number of aliphatic hydroxyl groups is 10. The first-order chi connectivity index (χ1) is 16.4. The average Bonchev–Trinajstić information content (AvgIpc) is 2.84. The Labute approximate surface area is 196 Å². The van der Waals surface area contributed by atoms with Crippen LogP contribution in [0.3, 0.4) is 0 Å². The van der Waals surface area contributed by atoms with Gasteiger partial charge in [-0.25, -0.2) is 8.78 Å². The number of halogens is 2. The van der Waals surface area contributed by atoms with Gasteiger partial charge in [0.1, 0.15) is 67.6 Å². The van der Waals surface area contributed by atoms with E-state index >= 15 is 0 Å². The first-order valence-electron chi connectivity index (χ1n) is 10.6. The van der Waals surface area contributed by atoms with E-state index in [2.05, 4.69) is 4.74 Å². The Balaban J connectivity index is 1.75. The van der Waals surface area contributed by atoms with E-state index in [0.29, 0.717) is 0 Å². The van der Waals surface area contributed by atoms with Gasteiger partial charge in [0.05, 0.1) is 13.2 Å². The molecule has 0 spiro atoms. The van der Waals surface area contributed by atoms with Gasteiger partial charge in [0, 0.05) is 0 Å². The quantitative estimate of drug-likeness (QED) is 0.149. The van der Waals surface area contributed by atoms with Gasteiger partial charge in [-0.05, 0) is 0 Å². The number of rotatable bonds is 7. The molecule has 0 bridgehead atoms. The van der Waals surface area contributed by atoms with Crippen molar-refractivity contribution in [3.8, 4) is 0 Å². The molecule has 0 saturated carbocycles. The Kier molecular flexibility index (Phi) is 9.34. The van der Waals surface area contributed by atoms with Gasteiger partial charge in [-0.2, -0.15) is 0 Å². The predicted molar refractivity (Wildman–Crippen MR) is 100 cm³/mol. The smallest absolute Gasteiger partial charge is 0.264 e. The van der Waals surface area contributed by atoms with Crippen molar-refractivity contribution in [2.24, 2.45) is 0 Å². The molecule has 3 aliphatic rings. The molecule has 0 aliphatic carbocycles. The van der Waals surface area contributed by atoms with Crippen LogP contribution in [0, 0.1) is 0 Å². The molecule has 3 heterocycles. The van der Waals surface area contributed by atoms with Crippen LogP contribution in [-0.2, 0) is 23.7 Å². The molecule has 10 N–H and O–H groups in total. The molecule has 3 rings (SSSR count). The summed E-state index contributed by atoms with van der Waals surface area (Å²) in [6.45, 7) is -3.27. The second kappa shape index (κ2) is 11.3. The van der Waals surface area contributed by atoms with Crippen molar-refractivity contribution in [3.63, 3.8) is 0 Å². The standard InChI is InChI=1S/C18H30F2O15/c19-15-10(28)9(27)14(18(20,3-23)35-15)34-17-12(30)8(26)13(5(2-22)32-17)33-16-11(29)7(25)6(24)4(1-21)31-16/h4-17,21-30H,1-3H2. The lowest BCUT2D eigenvalue weighted by molar-refractivity contribution is -0.402. The van der Waals surface area contributed by atoms with E-state index in [1.165, 1.54) is 0 Å². The van der Waals surface area contributed by atoms with E-state index in [-0.39, 0.29) is 0 Å². The van der Waals surface area contributed by atoms with E-state index in [1.54, 1.807) is 0 Å². The molecule has 3 aliphatic heterocycles. The highest BCUT2D eigenvalue weighted by molar-refractivity contribution is 4.98. The number of hydrogen-bond acceptors (Lipinski definition) is 15. The van der Waals surface area contributed by atoms with E-state index < -0.39 is 112 Å². The van der Waals surface area contributed by atoms with Crippen molar-refractivity contribution >= 4 is 0 Å². The average molecular weight is 524 g/mol. The number of aliphatic hydroxyl groups excluding tert-OH is 10. The largest absolute Gasteiger partial charge is 0.394 e. The van der Waals surface area contributed by atoms with Gasteiger partial charge < -0.3 is 74.7 Å². The van der Waals surface area contributed by atoms with Crippen molar-refractivity contribution in [2.75, 3.05) is 19.8 Å². The molecule has 3 fully saturated rings. The molecule has 15 atom stereocenters. The highest BCUT2D eigenvalue weighted by Crippen LogP contribution is 2.37. The summed E-state index contributed by atoms with van der Waals surface area (Å²) in [5, 5.41) is 98.7. The summed E-state index contributed by atoms with van der Waals surface area (Å²) < 4.78 is 53.6. The molecule has 0 radical (unpaired) electrons. The summed E-state index contributed by atoms with van der Waals surface area (Å²) in [5.74, 6) is -3.40. The Hall–Kier alpha value is -0.740. The van der Waals surface area contributed by atoms with Crippen LogP contribution in [0.15, 0.2) is 0 Å². The summed E-state index contributed by atoms with van der Waals surface area (Å²) in [6, 6.07) is 0. The van der Waals surface area contributed by atoms with Gasteiger partial charge >= 0.3 is 0 Å². The number of hydrogen-bond donors (Lipinski definition) is 10. The van der Waals surface area contributed by atoms with Crippen molar-refractivity contribution in [3.05, 3.63) is 0 Å². The second-order valence-electron chi connectivity index (χ2n) is 8.46. The van der Waals surface area contributed by atoms with Crippen molar-refractivity contribution in [1.82, 2.24) is 0 Å². The zero-order valence-corrected chi connectivity index (χ0v) is 18.0. The maximum atomic E-state index is 14.9. The molecule has 0 amide bonds. The fraction of sp³-hybridized carbons (Fsp3) is 1.00. The lowest BCUT2D eigenvalue weighted by atomic mass is 9.95. The zero-order valence-electron chi connectivity index (χ0n) is 18.0. The van der Waals surface area contributed by atoms with E-state index in [4.69, 9.17) is 18.9 Å². The van der Waals surface area contributed by atoms with Crippen molar-refractivity contribution in [1.29, 1.82) is 0 Å². The summed E-state index contributed by atoms with van der Waals surface area (Å²) in [5.41, 5.74) is 0. The van der Waals surface area contributed by atoms with Crippen LogP contribution < -0.4 is 0 Å².